The van der Waals surface area contributed by atoms with E-state index in [9.17, 15) is 4.79 Å². The topological polar surface area (TPSA) is 76.5 Å². The summed E-state index contributed by atoms with van der Waals surface area (Å²) in [5.41, 5.74) is 7.16. The summed E-state index contributed by atoms with van der Waals surface area (Å²) in [5.74, 6) is 0.617. The zero-order valence-electron chi connectivity index (χ0n) is 10.2. The maximum Gasteiger partial charge on any atom is 0.240 e. The van der Waals surface area contributed by atoms with E-state index >= 15 is 0 Å². The molecule has 3 heterocycles. The number of aromatic nitrogens is 3. The van der Waals surface area contributed by atoms with Gasteiger partial charge in [-0.25, -0.2) is 4.98 Å². The van der Waals surface area contributed by atoms with E-state index in [1.807, 2.05) is 24.0 Å². The molecule has 0 bridgehead atoms. The standard InChI is InChI=1S/C12H15N5O/c1-8-7-11(17-10(15-8)4-5-14-17)16-6-2-3-9(16)12(13)18/h4-5,7,9H,2-3,6H2,1H3,(H2,13,18). The molecule has 0 saturated carbocycles. The lowest BCUT2D eigenvalue weighted by Gasteiger charge is -2.24. The second-order valence-corrected chi connectivity index (χ2v) is 4.61. The number of hydrogen-bond acceptors (Lipinski definition) is 4. The van der Waals surface area contributed by atoms with Crippen LogP contribution in [-0.4, -0.2) is 33.1 Å². The van der Waals surface area contributed by atoms with Crippen LogP contribution in [0.2, 0.25) is 0 Å². The molecule has 1 aliphatic heterocycles. The van der Waals surface area contributed by atoms with Crippen molar-refractivity contribution in [3.63, 3.8) is 0 Å². The first-order chi connectivity index (χ1) is 8.66. The predicted octanol–water partition coefficient (Wildman–Crippen LogP) is 0.492. The molecule has 1 unspecified atom stereocenters. The van der Waals surface area contributed by atoms with Crippen LogP contribution in [-0.2, 0) is 4.79 Å². The highest BCUT2D eigenvalue weighted by molar-refractivity contribution is 5.84. The summed E-state index contributed by atoms with van der Waals surface area (Å²) in [7, 11) is 0. The summed E-state index contributed by atoms with van der Waals surface area (Å²) in [5, 5.41) is 4.26. The molecule has 0 aliphatic carbocycles. The number of fused-ring (bicyclic) bond motifs is 1. The van der Waals surface area contributed by atoms with Gasteiger partial charge in [0.05, 0.1) is 6.20 Å². The Morgan fingerprint density at radius 1 is 1.56 bits per heavy atom. The Labute approximate surface area is 104 Å². The molecule has 0 radical (unpaired) electrons. The van der Waals surface area contributed by atoms with E-state index in [1.54, 1.807) is 10.7 Å². The van der Waals surface area contributed by atoms with Crippen LogP contribution in [0, 0.1) is 6.92 Å². The van der Waals surface area contributed by atoms with E-state index in [2.05, 4.69) is 10.1 Å². The lowest BCUT2D eigenvalue weighted by atomic mass is 10.2. The van der Waals surface area contributed by atoms with E-state index in [4.69, 9.17) is 5.73 Å². The van der Waals surface area contributed by atoms with Gasteiger partial charge in [-0.15, -0.1) is 0 Å². The van der Waals surface area contributed by atoms with Crippen molar-refractivity contribution in [1.82, 2.24) is 14.6 Å². The highest BCUT2D eigenvalue weighted by Crippen LogP contribution is 2.26. The number of nitrogens with zero attached hydrogens (tertiary/aromatic N) is 4. The van der Waals surface area contributed by atoms with Gasteiger partial charge in [-0.1, -0.05) is 0 Å². The average molecular weight is 245 g/mol. The number of rotatable bonds is 2. The third-order valence-electron chi connectivity index (χ3n) is 3.34. The fourth-order valence-electron chi connectivity index (χ4n) is 2.56. The summed E-state index contributed by atoms with van der Waals surface area (Å²) in [6.07, 6.45) is 3.48. The van der Waals surface area contributed by atoms with Gasteiger partial charge in [0.25, 0.3) is 0 Å². The van der Waals surface area contributed by atoms with Crippen LogP contribution < -0.4 is 10.6 Å². The molecule has 2 aromatic rings. The van der Waals surface area contributed by atoms with E-state index in [1.165, 1.54) is 0 Å². The maximum atomic E-state index is 11.5. The van der Waals surface area contributed by atoms with Gasteiger partial charge in [0.2, 0.25) is 5.91 Å². The number of aryl methyl sites for hydroxylation is 1. The second kappa shape index (κ2) is 3.97. The lowest BCUT2D eigenvalue weighted by Crippen LogP contribution is -2.41. The van der Waals surface area contributed by atoms with Gasteiger partial charge in [0.15, 0.2) is 5.65 Å². The molecule has 6 heteroatoms. The summed E-state index contributed by atoms with van der Waals surface area (Å²) in [4.78, 5) is 17.9. The first-order valence-corrected chi connectivity index (χ1v) is 6.04. The zero-order chi connectivity index (χ0) is 12.7. The molecule has 3 rings (SSSR count). The summed E-state index contributed by atoms with van der Waals surface area (Å²) < 4.78 is 1.76. The van der Waals surface area contributed by atoms with Gasteiger partial charge in [0.1, 0.15) is 11.9 Å². The number of hydrogen-bond donors (Lipinski definition) is 1. The highest BCUT2D eigenvalue weighted by atomic mass is 16.1. The first kappa shape index (κ1) is 11.0. The minimum atomic E-state index is -0.276. The van der Waals surface area contributed by atoms with E-state index < -0.39 is 0 Å². The third-order valence-corrected chi connectivity index (χ3v) is 3.34. The Balaban J connectivity index is 2.13. The van der Waals surface area contributed by atoms with Crippen LogP contribution in [0.1, 0.15) is 18.5 Å². The van der Waals surface area contributed by atoms with Gasteiger partial charge in [-0.2, -0.15) is 9.61 Å². The Kier molecular flexibility index (Phi) is 2.43. The van der Waals surface area contributed by atoms with Gasteiger partial charge in [-0.05, 0) is 19.8 Å². The number of anilines is 1. The van der Waals surface area contributed by atoms with Crippen LogP contribution >= 0.6 is 0 Å². The van der Waals surface area contributed by atoms with Crippen LogP contribution in [0.4, 0.5) is 5.82 Å². The molecule has 1 fully saturated rings. The van der Waals surface area contributed by atoms with Crippen LogP contribution in [0.15, 0.2) is 18.3 Å². The summed E-state index contributed by atoms with van der Waals surface area (Å²) >= 11 is 0. The van der Waals surface area contributed by atoms with Crippen molar-refractivity contribution < 1.29 is 4.79 Å². The molecular formula is C12H15N5O. The molecule has 1 saturated heterocycles. The fourth-order valence-corrected chi connectivity index (χ4v) is 2.56. The van der Waals surface area contributed by atoms with Gasteiger partial charge < -0.3 is 10.6 Å². The van der Waals surface area contributed by atoms with Crippen molar-refractivity contribution in [3.05, 3.63) is 24.0 Å². The number of primary amides is 1. The van der Waals surface area contributed by atoms with Crippen molar-refractivity contribution in [1.29, 1.82) is 0 Å². The first-order valence-electron chi connectivity index (χ1n) is 6.04. The molecule has 94 valence electrons. The van der Waals surface area contributed by atoms with Gasteiger partial charge in [0, 0.05) is 24.4 Å². The Bertz CT molecular complexity index is 606. The predicted molar refractivity (Wildman–Crippen MR) is 67.3 cm³/mol. The zero-order valence-corrected chi connectivity index (χ0v) is 10.2. The molecule has 1 amide bonds. The van der Waals surface area contributed by atoms with Crippen molar-refractivity contribution in [3.8, 4) is 0 Å². The minimum absolute atomic E-state index is 0.237. The number of nitrogens with two attached hydrogens (primary N) is 1. The Morgan fingerprint density at radius 2 is 2.39 bits per heavy atom. The average Bonchev–Trinajstić information content (AvgIpc) is 2.95. The number of amides is 1. The van der Waals surface area contributed by atoms with Crippen molar-refractivity contribution in [2.24, 2.45) is 5.73 Å². The fraction of sp³-hybridized carbons (Fsp3) is 0.417. The Hall–Kier alpha value is -2.11. The van der Waals surface area contributed by atoms with Crippen LogP contribution in [0.3, 0.4) is 0 Å². The number of carbonyl (C=O) groups is 1. The molecule has 0 spiro atoms. The molecule has 18 heavy (non-hydrogen) atoms. The quantitative estimate of drug-likeness (QED) is 0.835. The van der Waals surface area contributed by atoms with E-state index in [0.717, 1.165) is 36.5 Å². The number of carbonyl (C=O) groups excluding carboxylic acids is 1. The Morgan fingerprint density at radius 3 is 3.17 bits per heavy atom. The normalized spacial score (nSPS) is 19.6. The van der Waals surface area contributed by atoms with Crippen molar-refractivity contribution >= 4 is 17.4 Å². The smallest absolute Gasteiger partial charge is 0.240 e. The second-order valence-electron chi connectivity index (χ2n) is 4.61. The molecule has 2 aromatic heterocycles. The molecule has 2 N–H and O–H groups in total. The van der Waals surface area contributed by atoms with Gasteiger partial charge in [-0.3, -0.25) is 4.79 Å². The molecule has 6 nitrogen and oxygen atoms in total. The lowest BCUT2D eigenvalue weighted by molar-refractivity contribution is -0.119. The van der Waals surface area contributed by atoms with Crippen LogP contribution in [0.25, 0.3) is 5.65 Å². The summed E-state index contributed by atoms with van der Waals surface area (Å²) in [6, 6.07) is 3.56. The van der Waals surface area contributed by atoms with E-state index in [0.29, 0.717) is 0 Å². The molecular weight excluding hydrogens is 230 g/mol. The van der Waals surface area contributed by atoms with E-state index in [-0.39, 0.29) is 11.9 Å². The monoisotopic (exact) mass is 245 g/mol. The molecule has 1 atom stereocenters. The third kappa shape index (κ3) is 1.61. The van der Waals surface area contributed by atoms with Gasteiger partial charge >= 0.3 is 0 Å². The molecule has 0 aromatic carbocycles. The summed E-state index contributed by atoms with van der Waals surface area (Å²) in [6.45, 7) is 2.76. The SMILES string of the molecule is Cc1cc(N2CCCC2C(N)=O)n2nccc2n1. The van der Waals surface area contributed by atoms with Crippen molar-refractivity contribution in [2.45, 2.75) is 25.8 Å². The minimum Gasteiger partial charge on any atom is -0.368 e. The molecule has 1 aliphatic rings. The maximum absolute atomic E-state index is 11.5. The van der Waals surface area contributed by atoms with Crippen molar-refractivity contribution in [2.75, 3.05) is 11.4 Å². The largest absolute Gasteiger partial charge is 0.368 e. The highest BCUT2D eigenvalue weighted by Gasteiger charge is 2.30. The van der Waals surface area contributed by atoms with Crippen LogP contribution in [0.5, 0.6) is 0 Å².